The van der Waals surface area contributed by atoms with Gasteiger partial charge in [-0.2, -0.15) is 0 Å². The van der Waals surface area contributed by atoms with Crippen LogP contribution < -0.4 is 5.32 Å². The van der Waals surface area contributed by atoms with Crippen molar-refractivity contribution in [1.82, 2.24) is 5.32 Å². The van der Waals surface area contributed by atoms with Gasteiger partial charge in [0.15, 0.2) is 0 Å². The van der Waals surface area contributed by atoms with E-state index in [0.717, 1.165) is 51.4 Å². The Labute approximate surface area is 455 Å². The summed E-state index contributed by atoms with van der Waals surface area (Å²) in [6.07, 6.45) is 79.1. The first kappa shape index (κ1) is 71.1. The van der Waals surface area contributed by atoms with E-state index >= 15 is 0 Å². The summed E-state index contributed by atoms with van der Waals surface area (Å²) in [6, 6.07) is -0.635. The molecule has 0 saturated carbocycles. The molecule has 1 amide bonds. The van der Waals surface area contributed by atoms with Crippen LogP contribution in [0.4, 0.5) is 0 Å². The van der Waals surface area contributed by atoms with E-state index in [9.17, 15) is 19.8 Å². The first-order chi connectivity index (χ1) is 36.0. The maximum Gasteiger partial charge on any atom is 0.305 e. The normalized spacial score (nSPS) is 12.8. The van der Waals surface area contributed by atoms with Crippen LogP contribution in [0.25, 0.3) is 0 Å². The number of hydrogen-bond donors (Lipinski definition) is 3. The molecule has 6 heteroatoms. The highest BCUT2D eigenvalue weighted by Gasteiger charge is 2.18. The third-order valence-corrected chi connectivity index (χ3v) is 15.1. The Balaban J connectivity index is 3.46. The number of allylic oxidation sites excluding steroid dienone is 5. The summed E-state index contributed by atoms with van der Waals surface area (Å²) in [5, 5.41) is 23.2. The molecule has 0 aliphatic carbocycles. The van der Waals surface area contributed by atoms with Crippen LogP contribution in [0, 0.1) is 0 Å². The van der Waals surface area contributed by atoms with Crippen molar-refractivity contribution < 1.29 is 24.5 Å². The highest BCUT2D eigenvalue weighted by Crippen LogP contribution is 2.17. The molecule has 0 aromatic heterocycles. The summed E-state index contributed by atoms with van der Waals surface area (Å²) in [7, 11) is 0. The lowest BCUT2D eigenvalue weighted by Gasteiger charge is -2.20. The zero-order chi connectivity index (χ0) is 52.9. The second-order valence-electron chi connectivity index (χ2n) is 22.4. The number of esters is 1. The molecule has 73 heavy (non-hydrogen) atoms. The van der Waals surface area contributed by atoms with Crippen molar-refractivity contribution in [2.45, 2.75) is 366 Å². The van der Waals surface area contributed by atoms with Crippen molar-refractivity contribution in [3.8, 4) is 0 Å². The van der Waals surface area contributed by atoms with Crippen molar-refractivity contribution in [1.29, 1.82) is 0 Å². The Morgan fingerprint density at radius 3 is 0.986 bits per heavy atom. The molecule has 0 aromatic carbocycles. The average molecular weight is 1030 g/mol. The molecule has 0 rings (SSSR count). The van der Waals surface area contributed by atoms with Crippen molar-refractivity contribution in [3.05, 3.63) is 36.5 Å². The molecule has 0 saturated heterocycles. The smallest absolute Gasteiger partial charge is 0.305 e. The van der Waals surface area contributed by atoms with Crippen LogP contribution >= 0.6 is 0 Å². The fraction of sp³-hybridized carbons (Fsp3) is 0.881. The predicted molar refractivity (Wildman–Crippen MR) is 319 cm³/mol. The molecule has 6 nitrogen and oxygen atoms in total. The standard InChI is InChI=1S/C67H127NO5/c1-3-5-7-9-11-13-15-17-18-19-20-21-23-26-29-32-36-39-43-47-51-55-59-65(70)64(63-69)68-66(71)60-56-52-48-44-40-37-33-30-27-24-22-25-28-31-34-38-42-46-50-54-58-62-73-67(72)61-57-53-49-45-41-35-16-14-12-10-8-6-4-2/h14,16,24,27,55,59,64-65,69-70H,3-13,15,17-23,25-26,28-54,56-58,60-63H2,1-2H3,(H,68,71)/b16-14-,27-24-,59-55+. The molecule has 0 fully saturated rings. The number of unbranched alkanes of at least 4 members (excludes halogenated alkanes) is 46. The van der Waals surface area contributed by atoms with Gasteiger partial charge in [-0.1, -0.05) is 294 Å². The fourth-order valence-corrected chi connectivity index (χ4v) is 10.1. The van der Waals surface area contributed by atoms with Crippen LogP contribution in [-0.4, -0.2) is 47.4 Å². The number of hydrogen-bond acceptors (Lipinski definition) is 5. The maximum atomic E-state index is 12.5. The third kappa shape index (κ3) is 59.2. The third-order valence-electron chi connectivity index (χ3n) is 15.1. The molecule has 0 aliphatic heterocycles. The summed E-state index contributed by atoms with van der Waals surface area (Å²) in [5.74, 6) is -0.0743. The van der Waals surface area contributed by atoms with E-state index in [0.29, 0.717) is 19.4 Å². The molecule has 0 radical (unpaired) electrons. The molecule has 2 atom stereocenters. The number of aliphatic hydroxyl groups excluding tert-OH is 2. The predicted octanol–water partition coefficient (Wildman–Crippen LogP) is 20.8. The second kappa shape index (κ2) is 62.6. The molecular formula is C67H127NO5. The number of carbonyl (C=O) groups is 2. The molecular weight excluding hydrogens is 899 g/mol. The zero-order valence-corrected chi connectivity index (χ0v) is 49.1. The molecule has 3 N–H and O–H groups in total. The van der Waals surface area contributed by atoms with Gasteiger partial charge in [0, 0.05) is 12.8 Å². The summed E-state index contributed by atoms with van der Waals surface area (Å²) in [5.41, 5.74) is 0. The Hall–Kier alpha value is -1.92. The number of aliphatic hydroxyl groups is 2. The first-order valence-electron chi connectivity index (χ1n) is 32.8. The highest BCUT2D eigenvalue weighted by atomic mass is 16.5. The van der Waals surface area contributed by atoms with Gasteiger partial charge in [-0.3, -0.25) is 9.59 Å². The van der Waals surface area contributed by atoms with E-state index in [1.54, 1.807) is 6.08 Å². The molecule has 0 bridgehead atoms. The molecule has 0 aliphatic rings. The Morgan fingerprint density at radius 1 is 0.370 bits per heavy atom. The summed E-state index contributed by atoms with van der Waals surface area (Å²) >= 11 is 0. The zero-order valence-electron chi connectivity index (χ0n) is 49.1. The number of rotatable bonds is 61. The van der Waals surface area contributed by atoms with Crippen LogP contribution in [0.5, 0.6) is 0 Å². The van der Waals surface area contributed by atoms with E-state index in [1.807, 2.05) is 6.08 Å². The molecule has 2 unspecified atom stereocenters. The van der Waals surface area contributed by atoms with Gasteiger partial charge in [-0.05, 0) is 83.5 Å². The van der Waals surface area contributed by atoms with Crippen molar-refractivity contribution in [2.75, 3.05) is 13.2 Å². The van der Waals surface area contributed by atoms with Gasteiger partial charge >= 0.3 is 5.97 Å². The molecule has 430 valence electrons. The minimum Gasteiger partial charge on any atom is -0.466 e. The van der Waals surface area contributed by atoms with E-state index in [-0.39, 0.29) is 18.5 Å². The second-order valence-corrected chi connectivity index (χ2v) is 22.4. The molecule has 0 heterocycles. The van der Waals surface area contributed by atoms with Crippen LogP contribution in [0.3, 0.4) is 0 Å². The SMILES string of the molecule is CCCCCC/C=C\CCCCCCCC(=O)OCCCCCCCCCCCC/C=C\CCCCCCCCCC(=O)NC(CO)C(O)/C=C/CCCCCCCCCCCCCCCCCCCCCC. The van der Waals surface area contributed by atoms with Gasteiger partial charge in [0.05, 0.1) is 25.4 Å². The van der Waals surface area contributed by atoms with Crippen molar-refractivity contribution >= 4 is 11.9 Å². The molecule has 0 spiro atoms. The van der Waals surface area contributed by atoms with Crippen molar-refractivity contribution in [3.63, 3.8) is 0 Å². The van der Waals surface area contributed by atoms with Crippen LogP contribution in [0.2, 0.25) is 0 Å². The summed E-state index contributed by atoms with van der Waals surface area (Å²) in [6.45, 7) is 4.90. The number of ether oxygens (including phenoxy) is 1. The highest BCUT2D eigenvalue weighted by molar-refractivity contribution is 5.76. The summed E-state index contributed by atoms with van der Waals surface area (Å²) < 4.78 is 5.47. The minimum absolute atomic E-state index is 0.00141. The van der Waals surface area contributed by atoms with E-state index < -0.39 is 12.1 Å². The Bertz CT molecular complexity index is 1180. The van der Waals surface area contributed by atoms with E-state index in [1.165, 1.54) is 276 Å². The van der Waals surface area contributed by atoms with Gasteiger partial charge < -0.3 is 20.3 Å². The van der Waals surface area contributed by atoms with Crippen LogP contribution in [0.15, 0.2) is 36.5 Å². The van der Waals surface area contributed by atoms with Gasteiger partial charge in [-0.25, -0.2) is 0 Å². The lowest BCUT2D eigenvalue weighted by atomic mass is 10.0. The van der Waals surface area contributed by atoms with Gasteiger partial charge in [0.25, 0.3) is 0 Å². The lowest BCUT2D eigenvalue weighted by molar-refractivity contribution is -0.143. The Kier molecular flexibility index (Phi) is 61.0. The largest absolute Gasteiger partial charge is 0.466 e. The monoisotopic (exact) mass is 1030 g/mol. The molecule has 0 aromatic rings. The van der Waals surface area contributed by atoms with Gasteiger partial charge in [0.1, 0.15) is 0 Å². The maximum absolute atomic E-state index is 12.5. The number of nitrogens with one attached hydrogen (secondary N) is 1. The van der Waals surface area contributed by atoms with Crippen LogP contribution in [0.1, 0.15) is 354 Å². The number of carbonyl (C=O) groups excluding carboxylic acids is 2. The quantitative estimate of drug-likeness (QED) is 0.0320. The lowest BCUT2D eigenvalue weighted by Crippen LogP contribution is -2.45. The summed E-state index contributed by atoms with van der Waals surface area (Å²) in [4.78, 5) is 24.5. The van der Waals surface area contributed by atoms with Crippen molar-refractivity contribution in [2.24, 2.45) is 0 Å². The topological polar surface area (TPSA) is 95.9 Å². The first-order valence-corrected chi connectivity index (χ1v) is 32.8. The van der Waals surface area contributed by atoms with E-state index in [2.05, 4.69) is 43.5 Å². The minimum atomic E-state index is -0.851. The average Bonchev–Trinajstić information content (AvgIpc) is 3.39. The number of amides is 1. The fourth-order valence-electron chi connectivity index (χ4n) is 10.1. The van der Waals surface area contributed by atoms with Gasteiger partial charge in [-0.15, -0.1) is 0 Å². The van der Waals surface area contributed by atoms with Crippen LogP contribution in [-0.2, 0) is 14.3 Å². The Morgan fingerprint density at radius 2 is 0.644 bits per heavy atom. The van der Waals surface area contributed by atoms with E-state index in [4.69, 9.17) is 4.74 Å². The van der Waals surface area contributed by atoms with Gasteiger partial charge in [0.2, 0.25) is 5.91 Å².